The summed E-state index contributed by atoms with van der Waals surface area (Å²) in [5.74, 6) is -0.166. The zero-order valence-corrected chi connectivity index (χ0v) is 22.2. The molecule has 4 aromatic rings. The lowest BCUT2D eigenvalue weighted by molar-refractivity contribution is 0.0940. The molecule has 1 aromatic heterocycles. The molecule has 192 valence electrons. The summed E-state index contributed by atoms with van der Waals surface area (Å²) in [6.45, 7) is 3.93. The van der Waals surface area contributed by atoms with E-state index in [9.17, 15) is 9.59 Å². The smallest absolute Gasteiger partial charge is 0.251 e. The van der Waals surface area contributed by atoms with Gasteiger partial charge in [0.05, 0.1) is 6.04 Å². The molecule has 0 aliphatic carbocycles. The number of fused-ring (bicyclic) bond motifs is 1. The van der Waals surface area contributed by atoms with Crippen LogP contribution in [0.25, 0.3) is 10.9 Å². The van der Waals surface area contributed by atoms with Crippen LogP contribution in [0.5, 0.6) is 0 Å². The number of likely N-dealkylation sites (N-methyl/N-ethyl adjacent to an activating group) is 1. The molecular weight excluding hydrogens is 484 g/mol. The summed E-state index contributed by atoms with van der Waals surface area (Å²) in [7, 11) is 3.93. The van der Waals surface area contributed by atoms with Gasteiger partial charge in [0.1, 0.15) is 0 Å². The predicted octanol–water partition coefficient (Wildman–Crippen LogP) is 5.18. The maximum Gasteiger partial charge on any atom is 0.251 e. The van der Waals surface area contributed by atoms with Gasteiger partial charge >= 0.3 is 0 Å². The average molecular weight is 517 g/mol. The van der Waals surface area contributed by atoms with Crippen LogP contribution in [0.15, 0.2) is 72.9 Å². The number of carbonyl (C=O) groups excluding carboxylic acids is 2. The van der Waals surface area contributed by atoms with Crippen LogP contribution in [-0.4, -0.2) is 55.3 Å². The second-order valence-corrected chi connectivity index (χ2v) is 9.94. The number of hydrogen-bond donors (Lipinski definition) is 3. The summed E-state index contributed by atoms with van der Waals surface area (Å²) in [5.41, 5.74) is 4.95. The molecule has 1 heterocycles. The van der Waals surface area contributed by atoms with Crippen LogP contribution < -0.4 is 10.6 Å². The minimum atomic E-state index is -0.515. The maximum atomic E-state index is 13.8. The highest BCUT2D eigenvalue weighted by Gasteiger charge is 2.24. The van der Waals surface area contributed by atoms with Gasteiger partial charge in [-0.2, -0.15) is 0 Å². The molecule has 0 aliphatic rings. The number of halogens is 1. The molecule has 1 amide bonds. The minimum absolute atomic E-state index is 0.0318. The van der Waals surface area contributed by atoms with Crippen molar-refractivity contribution < 1.29 is 9.59 Å². The number of aryl methyl sites for hydroxylation is 1. The molecule has 3 N–H and O–H groups in total. The number of H-pyrrole nitrogens is 1. The van der Waals surface area contributed by atoms with E-state index < -0.39 is 6.04 Å². The standard InChI is InChI=1S/C30H33ClN4O2/c1-20-9-10-21(26(31)17-20)13-14-32-28(22-7-5-4-6-8-22)29(36)25-19-34-27-18-23(11-12-24(25)27)30(37)33-15-16-35(2)3/h4-12,17-19,28,32,34H,13-16H2,1-3H3,(H,33,37)/t28-/m0/s1. The van der Waals surface area contributed by atoms with Crippen LogP contribution in [0.3, 0.4) is 0 Å². The molecule has 37 heavy (non-hydrogen) atoms. The van der Waals surface area contributed by atoms with Gasteiger partial charge in [-0.15, -0.1) is 0 Å². The lowest BCUT2D eigenvalue weighted by atomic mass is 9.96. The summed E-state index contributed by atoms with van der Waals surface area (Å²) < 4.78 is 0. The number of amides is 1. The fraction of sp³-hybridized carbons (Fsp3) is 0.267. The van der Waals surface area contributed by atoms with Gasteiger partial charge in [-0.3, -0.25) is 9.59 Å². The van der Waals surface area contributed by atoms with Crippen molar-refractivity contribution in [3.05, 3.63) is 106 Å². The van der Waals surface area contributed by atoms with E-state index in [0.29, 0.717) is 30.6 Å². The van der Waals surface area contributed by atoms with E-state index in [-0.39, 0.29) is 11.7 Å². The first-order valence-corrected chi connectivity index (χ1v) is 12.8. The summed E-state index contributed by atoms with van der Waals surface area (Å²) in [6.07, 6.45) is 2.44. The Bertz CT molecular complexity index is 1380. The average Bonchev–Trinajstić information content (AvgIpc) is 3.31. The molecule has 0 radical (unpaired) electrons. The number of Topliss-reactive ketones (excluding diaryl/α,β-unsaturated/α-hetero) is 1. The zero-order valence-electron chi connectivity index (χ0n) is 21.5. The normalized spacial score (nSPS) is 12.1. The Morgan fingerprint density at radius 1 is 1.00 bits per heavy atom. The van der Waals surface area contributed by atoms with Gasteiger partial charge < -0.3 is 20.5 Å². The van der Waals surface area contributed by atoms with Crippen molar-refractivity contribution in [3.8, 4) is 0 Å². The monoisotopic (exact) mass is 516 g/mol. The Morgan fingerprint density at radius 2 is 1.78 bits per heavy atom. The summed E-state index contributed by atoms with van der Waals surface area (Å²) >= 11 is 6.42. The highest BCUT2D eigenvalue weighted by Crippen LogP contribution is 2.26. The van der Waals surface area contributed by atoms with Crippen molar-refractivity contribution in [2.45, 2.75) is 19.4 Å². The summed E-state index contributed by atoms with van der Waals surface area (Å²) in [5, 5.41) is 7.91. The third kappa shape index (κ3) is 6.66. The highest BCUT2D eigenvalue weighted by atomic mass is 35.5. The van der Waals surface area contributed by atoms with E-state index in [1.165, 1.54) is 0 Å². The van der Waals surface area contributed by atoms with Gasteiger partial charge in [-0.05, 0) is 62.3 Å². The molecule has 0 bridgehead atoms. The Balaban J connectivity index is 1.53. The minimum Gasteiger partial charge on any atom is -0.360 e. The molecule has 0 saturated heterocycles. The SMILES string of the molecule is Cc1ccc(CCN[C@H](C(=O)c2c[nH]c3cc(C(=O)NCCN(C)C)ccc23)c2ccccc2)c(Cl)c1. The Morgan fingerprint density at radius 3 is 2.51 bits per heavy atom. The second-order valence-electron chi connectivity index (χ2n) is 9.53. The molecule has 0 unspecified atom stereocenters. The van der Waals surface area contributed by atoms with E-state index in [4.69, 9.17) is 11.6 Å². The highest BCUT2D eigenvalue weighted by molar-refractivity contribution is 6.31. The number of ketones is 1. The fourth-order valence-electron chi connectivity index (χ4n) is 4.34. The molecule has 0 spiro atoms. The van der Waals surface area contributed by atoms with Crippen LogP contribution >= 0.6 is 11.6 Å². The van der Waals surface area contributed by atoms with Crippen molar-refractivity contribution in [2.75, 3.05) is 33.7 Å². The third-order valence-corrected chi connectivity index (χ3v) is 6.75. The van der Waals surface area contributed by atoms with Crippen LogP contribution in [0.2, 0.25) is 5.02 Å². The van der Waals surface area contributed by atoms with E-state index in [0.717, 1.165) is 39.2 Å². The summed E-state index contributed by atoms with van der Waals surface area (Å²) in [6, 6.07) is 20.6. The largest absolute Gasteiger partial charge is 0.360 e. The number of aromatic nitrogens is 1. The van der Waals surface area contributed by atoms with Crippen LogP contribution in [-0.2, 0) is 6.42 Å². The van der Waals surface area contributed by atoms with Gasteiger partial charge in [-0.1, -0.05) is 60.1 Å². The summed E-state index contributed by atoms with van der Waals surface area (Å²) in [4.78, 5) is 31.6. The molecule has 6 nitrogen and oxygen atoms in total. The number of rotatable bonds is 11. The molecule has 0 fully saturated rings. The Kier molecular flexibility index (Phi) is 8.77. The number of benzene rings is 3. The topological polar surface area (TPSA) is 77.2 Å². The van der Waals surface area contributed by atoms with Gasteiger partial charge in [0.15, 0.2) is 5.78 Å². The van der Waals surface area contributed by atoms with Crippen molar-refractivity contribution in [3.63, 3.8) is 0 Å². The number of nitrogens with zero attached hydrogens (tertiary/aromatic N) is 1. The van der Waals surface area contributed by atoms with E-state index >= 15 is 0 Å². The second kappa shape index (κ2) is 12.2. The van der Waals surface area contributed by atoms with Crippen LogP contribution in [0, 0.1) is 6.92 Å². The van der Waals surface area contributed by atoms with Crippen molar-refractivity contribution in [1.29, 1.82) is 0 Å². The third-order valence-electron chi connectivity index (χ3n) is 6.40. The molecule has 1 atom stereocenters. The quantitative estimate of drug-likeness (QED) is 0.240. The fourth-order valence-corrected chi connectivity index (χ4v) is 4.67. The van der Waals surface area contributed by atoms with E-state index in [1.807, 2.05) is 80.5 Å². The van der Waals surface area contributed by atoms with Gasteiger partial charge in [-0.25, -0.2) is 0 Å². The van der Waals surface area contributed by atoms with Crippen LogP contribution in [0.1, 0.15) is 43.4 Å². The lowest BCUT2D eigenvalue weighted by Crippen LogP contribution is -2.31. The van der Waals surface area contributed by atoms with Crippen molar-refractivity contribution in [2.24, 2.45) is 0 Å². The lowest BCUT2D eigenvalue weighted by Gasteiger charge is -2.18. The van der Waals surface area contributed by atoms with E-state index in [2.05, 4.69) is 15.6 Å². The number of nitrogens with one attached hydrogen (secondary N) is 3. The number of carbonyl (C=O) groups is 2. The molecule has 7 heteroatoms. The van der Waals surface area contributed by atoms with Crippen molar-refractivity contribution >= 4 is 34.2 Å². The van der Waals surface area contributed by atoms with Gasteiger partial charge in [0.25, 0.3) is 5.91 Å². The number of aromatic amines is 1. The molecule has 4 rings (SSSR count). The Labute approximate surface area is 223 Å². The Hall–Kier alpha value is -3.45. The number of hydrogen-bond acceptors (Lipinski definition) is 4. The maximum absolute atomic E-state index is 13.8. The van der Waals surface area contributed by atoms with Gasteiger partial charge in [0, 0.05) is 52.9 Å². The molecule has 0 aliphatic heterocycles. The first-order valence-electron chi connectivity index (χ1n) is 12.4. The first kappa shape index (κ1) is 26.6. The first-order chi connectivity index (χ1) is 17.8. The predicted molar refractivity (Wildman–Crippen MR) is 151 cm³/mol. The van der Waals surface area contributed by atoms with E-state index in [1.54, 1.807) is 18.3 Å². The van der Waals surface area contributed by atoms with Crippen molar-refractivity contribution in [1.82, 2.24) is 20.5 Å². The van der Waals surface area contributed by atoms with Crippen LogP contribution in [0.4, 0.5) is 0 Å². The molecule has 0 saturated carbocycles. The molecular formula is C30H33ClN4O2. The molecule has 3 aromatic carbocycles. The zero-order chi connectivity index (χ0) is 26.4. The van der Waals surface area contributed by atoms with Gasteiger partial charge in [0.2, 0.25) is 0 Å².